The third-order valence-electron chi connectivity index (χ3n) is 2.17. The predicted octanol–water partition coefficient (Wildman–Crippen LogP) is 4.07. The molecule has 1 aromatic carbocycles. The van der Waals surface area contributed by atoms with Crippen LogP contribution in [0.4, 0.5) is 13.2 Å². The van der Waals surface area contributed by atoms with Crippen LogP contribution in [0, 0.1) is 14.9 Å². The highest BCUT2D eigenvalue weighted by molar-refractivity contribution is 14.1. The molecule has 3 nitrogen and oxygen atoms in total. The van der Waals surface area contributed by atoms with E-state index in [2.05, 4.69) is 0 Å². The first-order chi connectivity index (χ1) is 9.28. The molecule has 0 aliphatic carbocycles. The van der Waals surface area contributed by atoms with Crippen LogP contribution in [0.15, 0.2) is 23.1 Å². The van der Waals surface area contributed by atoms with Crippen molar-refractivity contribution >= 4 is 40.3 Å². The Morgan fingerprint density at radius 1 is 1.55 bits per heavy atom. The number of halogens is 4. The summed E-state index contributed by atoms with van der Waals surface area (Å²) in [5.74, 6) is -1.99. The van der Waals surface area contributed by atoms with Crippen molar-refractivity contribution in [3.8, 4) is 6.07 Å². The summed E-state index contributed by atoms with van der Waals surface area (Å²) < 4.78 is 42.4. The number of hydrogen-bond donors (Lipinski definition) is 0. The van der Waals surface area contributed by atoms with Crippen LogP contribution >= 0.6 is 34.4 Å². The lowest BCUT2D eigenvalue weighted by molar-refractivity contribution is -0.143. The fourth-order valence-electron chi connectivity index (χ4n) is 1.39. The fourth-order valence-corrected chi connectivity index (χ4v) is 2.67. The molecule has 1 aromatic rings. The number of rotatable bonds is 4. The molecule has 0 radical (unpaired) electrons. The van der Waals surface area contributed by atoms with Gasteiger partial charge in [-0.2, -0.15) is 18.4 Å². The second kappa shape index (κ2) is 7.17. The molecule has 0 aliphatic heterocycles. The van der Waals surface area contributed by atoms with Crippen molar-refractivity contribution in [2.75, 3.05) is 6.61 Å². The number of ether oxygens (including phenoxy) is 1. The third-order valence-corrected chi connectivity index (χ3v) is 4.26. The Kier molecular flexibility index (Phi) is 6.13. The van der Waals surface area contributed by atoms with E-state index in [-0.39, 0.29) is 28.8 Å². The number of hydrogen-bond acceptors (Lipinski definition) is 4. The zero-order chi connectivity index (χ0) is 15.3. The first-order valence-electron chi connectivity index (χ1n) is 5.40. The van der Waals surface area contributed by atoms with E-state index in [0.29, 0.717) is 3.57 Å². The highest BCUT2D eigenvalue weighted by atomic mass is 127. The number of esters is 1. The Bertz CT molecular complexity index is 542. The molecule has 8 heteroatoms. The molecule has 1 unspecified atom stereocenters. The number of nitrogens with zero attached hydrogens (tertiary/aromatic N) is 1. The quantitative estimate of drug-likeness (QED) is 0.423. The maximum absolute atomic E-state index is 12.4. The number of nitriles is 1. The molecule has 0 saturated heterocycles. The molecule has 0 aliphatic rings. The molecule has 0 fully saturated rings. The molecule has 20 heavy (non-hydrogen) atoms. The molecule has 0 saturated carbocycles. The number of benzene rings is 1. The Labute approximate surface area is 131 Å². The normalized spacial score (nSPS) is 12.6. The first kappa shape index (κ1) is 17.1. The van der Waals surface area contributed by atoms with Gasteiger partial charge in [0.15, 0.2) is 5.92 Å². The van der Waals surface area contributed by atoms with Gasteiger partial charge < -0.3 is 4.74 Å². The van der Waals surface area contributed by atoms with Gasteiger partial charge in [-0.1, -0.05) is 6.07 Å². The summed E-state index contributed by atoms with van der Waals surface area (Å²) in [6, 6.07) is 5.83. The van der Waals surface area contributed by atoms with Gasteiger partial charge in [0, 0.05) is 8.47 Å². The van der Waals surface area contributed by atoms with Gasteiger partial charge in [0.2, 0.25) is 0 Å². The lowest BCUT2D eigenvalue weighted by Gasteiger charge is -2.12. The van der Waals surface area contributed by atoms with Gasteiger partial charge in [-0.05, 0) is 59.0 Å². The SMILES string of the molecule is CCOC(=O)C(C#N)c1ccc(I)c(SC(F)(F)F)c1. The molecule has 0 aromatic heterocycles. The lowest BCUT2D eigenvalue weighted by Crippen LogP contribution is -2.14. The maximum atomic E-state index is 12.4. The Balaban J connectivity index is 3.10. The van der Waals surface area contributed by atoms with Crippen LogP contribution in [0.1, 0.15) is 18.4 Å². The monoisotopic (exact) mass is 415 g/mol. The Hall–Kier alpha value is -0.950. The fraction of sp³-hybridized carbons (Fsp3) is 0.333. The molecule has 0 N–H and O–H groups in total. The van der Waals surface area contributed by atoms with E-state index in [0.717, 1.165) is 0 Å². The van der Waals surface area contributed by atoms with Crippen LogP contribution in [0.2, 0.25) is 0 Å². The first-order valence-corrected chi connectivity index (χ1v) is 7.29. The molecule has 0 heterocycles. The van der Waals surface area contributed by atoms with E-state index < -0.39 is 17.4 Å². The molecule has 1 rings (SSSR count). The van der Waals surface area contributed by atoms with Crippen LogP contribution in [0.25, 0.3) is 0 Å². The van der Waals surface area contributed by atoms with Crippen LogP contribution < -0.4 is 0 Å². The number of alkyl halides is 3. The topological polar surface area (TPSA) is 50.1 Å². The molecule has 0 bridgehead atoms. The van der Waals surface area contributed by atoms with E-state index in [1.54, 1.807) is 35.6 Å². The van der Waals surface area contributed by atoms with Crippen LogP contribution in [-0.4, -0.2) is 18.1 Å². The van der Waals surface area contributed by atoms with E-state index >= 15 is 0 Å². The molecule has 0 amide bonds. The molecular weight excluding hydrogens is 406 g/mol. The summed E-state index contributed by atoms with van der Waals surface area (Å²) in [5, 5.41) is 8.99. The van der Waals surface area contributed by atoms with Gasteiger partial charge >= 0.3 is 11.5 Å². The van der Waals surface area contributed by atoms with Gasteiger partial charge in [-0.25, -0.2) is 0 Å². The standard InChI is InChI=1S/C12H9F3INO2S/c1-2-19-11(18)8(6-17)7-3-4-9(16)10(5-7)20-12(13,14)15/h3-5,8H,2H2,1H3. The summed E-state index contributed by atoms with van der Waals surface area (Å²) in [7, 11) is 0. The van der Waals surface area contributed by atoms with Gasteiger partial charge in [-0.3, -0.25) is 4.79 Å². The number of thioether (sulfide) groups is 1. The third kappa shape index (κ3) is 4.86. The molecule has 1 atom stereocenters. The molecular formula is C12H9F3INO2S. The number of carbonyl (C=O) groups is 1. The van der Waals surface area contributed by atoms with Crippen molar-refractivity contribution in [2.45, 2.75) is 23.2 Å². The number of carbonyl (C=O) groups excluding carboxylic acids is 1. The van der Waals surface area contributed by atoms with Crippen molar-refractivity contribution in [1.82, 2.24) is 0 Å². The minimum atomic E-state index is -4.43. The average Bonchev–Trinajstić information content (AvgIpc) is 2.32. The predicted molar refractivity (Wildman–Crippen MR) is 76.1 cm³/mol. The smallest absolute Gasteiger partial charge is 0.446 e. The van der Waals surface area contributed by atoms with Crippen molar-refractivity contribution in [2.24, 2.45) is 0 Å². The lowest BCUT2D eigenvalue weighted by atomic mass is 10.0. The summed E-state index contributed by atoms with van der Waals surface area (Å²) in [5.41, 5.74) is -4.23. The second-order valence-corrected chi connectivity index (χ2v) is 5.82. The van der Waals surface area contributed by atoms with Gasteiger partial charge in [0.1, 0.15) is 0 Å². The Morgan fingerprint density at radius 2 is 2.20 bits per heavy atom. The van der Waals surface area contributed by atoms with Crippen LogP contribution in [0.3, 0.4) is 0 Å². The summed E-state index contributed by atoms with van der Waals surface area (Å²) in [6.45, 7) is 1.69. The highest BCUT2D eigenvalue weighted by Gasteiger charge is 2.31. The highest BCUT2D eigenvalue weighted by Crippen LogP contribution is 2.40. The zero-order valence-corrected chi connectivity index (χ0v) is 13.2. The zero-order valence-electron chi connectivity index (χ0n) is 10.2. The van der Waals surface area contributed by atoms with Crippen molar-refractivity contribution in [3.05, 3.63) is 27.3 Å². The van der Waals surface area contributed by atoms with Crippen molar-refractivity contribution in [3.63, 3.8) is 0 Å². The van der Waals surface area contributed by atoms with Gasteiger partial charge in [0.25, 0.3) is 0 Å². The van der Waals surface area contributed by atoms with Gasteiger partial charge in [-0.15, -0.1) is 0 Å². The summed E-state index contributed by atoms with van der Waals surface area (Å²) >= 11 is 1.49. The van der Waals surface area contributed by atoms with E-state index in [4.69, 9.17) is 10.00 Å². The van der Waals surface area contributed by atoms with E-state index in [9.17, 15) is 18.0 Å². The maximum Gasteiger partial charge on any atom is 0.446 e. The van der Waals surface area contributed by atoms with Gasteiger partial charge in [0.05, 0.1) is 12.7 Å². The summed E-state index contributed by atoms with van der Waals surface area (Å²) in [6.07, 6.45) is 0. The van der Waals surface area contributed by atoms with Crippen LogP contribution in [-0.2, 0) is 9.53 Å². The largest absolute Gasteiger partial charge is 0.465 e. The van der Waals surface area contributed by atoms with E-state index in [1.807, 2.05) is 0 Å². The van der Waals surface area contributed by atoms with Crippen LogP contribution in [0.5, 0.6) is 0 Å². The van der Waals surface area contributed by atoms with Crippen molar-refractivity contribution in [1.29, 1.82) is 5.26 Å². The molecule has 108 valence electrons. The average molecular weight is 415 g/mol. The Morgan fingerprint density at radius 3 is 2.70 bits per heavy atom. The summed E-state index contributed by atoms with van der Waals surface area (Å²) in [4.78, 5) is 11.5. The van der Waals surface area contributed by atoms with E-state index in [1.165, 1.54) is 18.2 Å². The minimum Gasteiger partial charge on any atom is -0.465 e. The minimum absolute atomic E-state index is 0.0415. The van der Waals surface area contributed by atoms with Crippen molar-refractivity contribution < 1.29 is 22.7 Å². The second-order valence-electron chi connectivity index (χ2n) is 3.55. The molecule has 0 spiro atoms.